The zero-order valence-electron chi connectivity index (χ0n) is 36.1. The van der Waals surface area contributed by atoms with E-state index in [2.05, 4.69) is 35.3 Å². The molecule has 15 nitrogen and oxygen atoms in total. The summed E-state index contributed by atoms with van der Waals surface area (Å²) in [4.78, 5) is 73.8. The predicted octanol–water partition coefficient (Wildman–Crippen LogP) is 5.13. The largest absolute Gasteiger partial charge is 0.496 e. The van der Waals surface area contributed by atoms with Crippen LogP contribution >= 0.6 is 0 Å². The van der Waals surface area contributed by atoms with E-state index in [0.29, 0.717) is 31.2 Å². The highest BCUT2D eigenvalue weighted by Crippen LogP contribution is 2.57. The minimum Gasteiger partial charge on any atom is -0.496 e. The molecule has 3 saturated carbocycles. The smallest absolute Gasteiger partial charge is 0.410 e. The predicted molar refractivity (Wildman–Crippen MR) is 223 cm³/mol. The van der Waals surface area contributed by atoms with Crippen LogP contribution in [0.25, 0.3) is 10.8 Å². The van der Waals surface area contributed by atoms with Gasteiger partial charge < -0.3 is 34.6 Å². The number of ether oxygens (including phenoxy) is 3. The fourth-order valence-corrected chi connectivity index (χ4v) is 10.4. The van der Waals surface area contributed by atoms with Gasteiger partial charge in [0.2, 0.25) is 21.8 Å². The van der Waals surface area contributed by atoms with Gasteiger partial charge in [0.1, 0.15) is 23.4 Å². The van der Waals surface area contributed by atoms with Gasteiger partial charge in [0.05, 0.1) is 25.5 Å². The Kier molecular flexibility index (Phi) is 11.4. The van der Waals surface area contributed by atoms with Crippen molar-refractivity contribution < 1.29 is 46.6 Å². The number of carbonyl (C=O) groups excluding carboxylic acids is 5. The SMILES string of the molecule is COc1cc2ccc3cc2cc1CCCC(C)(C)CCOC(=O)N[C@@H](C(C)(C)C)C(=O)N1C[C@@]3(OC(=O)N(C)C)C[C@H]1C(=O)N[C@]1(C(=O)NS(=O)(=O)C2CC2)C[C@@H]1C1CC1. The third-order valence-electron chi connectivity index (χ3n) is 13.2. The molecule has 2 heterocycles. The fourth-order valence-electron chi connectivity index (χ4n) is 9.01. The third-order valence-corrected chi connectivity index (χ3v) is 15.0. The van der Waals surface area contributed by atoms with Crippen LogP contribution in [0.15, 0.2) is 30.3 Å². The zero-order chi connectivity index (χ0) is 43.6. The van der Waals surface area contributed by atoms with Crippen molar-refractivity contribution >= 4 is 50.7 Å². The van der Waals surface area contributed by atoms with Crippen molar-refractivity contribution in [3.63, 3.8) is 0 Å². The summed E-state index contributed by atoms with van der Waals surface area (Å²) in [5.41, 5.74) is -2.59. The van der Waals surface area contributed by atoms with Gasteiger partial charge in [-0.15, -0.1) is 0 Å². The molecule has 3 aliphatic carbocycles. The summed E-state index contributed by atoms with van der Waals surface area (Å²) in [6, 6.07) is 7.16. The maximum absolute atomic E-state index is 15.1. The first-order valence-corrected chi connectivity index (χ1v) is 22.8. The number of carbonyl (C=O) groups is 5. The van der Waals surface area contributed by atoms with Crippen LogP contribution in [0.2, 0.25) is 0 Å². The number of nitrogens with one attached hydrogen (secondary N) is 3. The number of hydrogen-bond donors (Lipinski definition) is 3. The number of rotatable bonds is 8. The second kappa shape index (κ2) is 15.7. The molecule has 3 N–H and O–H groups in total. The van der Waals surface area contributed by atoms with Gasteiger partial charge >= 0.3 is 12.2 Å². The average Bonchev–Trinajstić information content (AvgIpc) is 4.04. The Morgan fingerprint density at radius 2 is 1.70 bits per heavy atom. The number of fused-ring (bicyclic) bond motifs is 5. The molecular formula is C44H61N5O10S. The lowest BCUT2D eigenvalue weighted by molar-refractivity contribution is -0.143. The Bertz CT molecular complexity index is 2180. The van der Waals surface area contributed by atoms with E-state index in [9.17, 15) is 27.6 Å². The van der Waals surface area contributed by atoms with Gasteiger partial charge in [0.25, 0.3) is 5.91 Å². The standard InChI is InChI=1S/C44H61N5O10S/c1-41(2,3)35-37(51)49-25-43(59-40(54)48(6)7,24-33(49)36(50)46-44(23-32(44)26-11-12-26)38(52)47-60(55,56)31-15-16-31)30-14-13-27-22-34(57-8)28(20-29(27)21-30)10-9-17-42(4,5)18-19-58-39(53)45-35/h13-14,20-22,26,31-33,35H,9-12,15-19,23-25H2,1-8H3,(H,45,53)(H,46,50)(H,47,52)/t32-,33+,35-,43+,44-/m1/s1. The fraction of sp³-hybridized carbons (Fsp3) is 0.659. The van der Waals surface area contributed by atoms with E-state index < -0.39 is 73.8 Å². The van der Waals surface area contributed by atoms with Gasteiger partial charge in [-0.3, -0.25) is 19.1 Å². The molecular weight excluding hydrogens is 791 g/mol. The molecule has 1 saturated heterocycles. The molecule has 2 aromatic carbocycles. The van der Waals surface area contributed by atoms with Gasteiger partial charge in [0, 0.05) is 20.5 Å². The van der Waals surface area contributed by atoms with Crippen molar-refractivity contribution in [2.75, 3.05) is 34.4 Å². The quantitative estimate of drug-likeness (QED) is 0.321. The van der Waals surface area contributed by atoms with E-state index in [4.69, 9.17) is 14.2 Å². The first-order valence-electron chi connectivity index (χ1n) is 21.2. The number of benzene rings is 2. The van der Waals surface area contributed by atoms with Crippen LogP contribution in [0.5, 0.6) is 5.75 Å². The summed E-state index contributed by atoms with van der Waals surface area (Å²) in [6.07, 6.45) is 4.18. The van der Waals surface area contributed by atoms with Crippen molar-refractivity contribution in [2.45, 2.75) is 127 Å². The van der Waals surface area contributed by atoms with E-state index in [0.717, 1.165) is 47.8 Å². The maximum Gasteiger partial charge on any atom is 0.410 e. The molecule has 0 aromatic heterocycles. The molecule has 0 radical (unpaired) electrons. The highest BCUT2D eigenvalue weighted by Gasteiger charge is 2.67. The highest BCUT2D eigenvalue weighted by molar-refractivity contribution is 7.91. The zero-order valence-corrected chi connectivity index (χ0v) is 37.0. The maximum atomic E-state index is 15.1. The van der Waals surface area contributed by atoms with Crippen molar-refractivity contribution in [3.05, 3.63) is 41.5 Å². The molecule has 5 amide bonds. The van der Waals surface area contributed by atoms with Gasteiger partial charge in [-0.25, -0.2) is 18.0 Å². The first kappa shape index (κ1) is 43.5. The number of alkyl carbamates (subject to hydrolysis) is 1. The molecule has 328 valence electrons. The van der Waals surface area contributed by atoms with Crippen molar-refractivity contribution in [1.82, 2.24) is 25.2 Å². The van der Waals surface area contributed by atoms with E-state index in [1.807, 2.05) is 24.3 Å². The Labute approximate surface area is 353 Å². The normalized spacial score (nSPS) is 28.5. The summed E-state index contributed by atoms with van der Waals surface area (Å²) >= 11 is 0. The summed E-state index contributed by atoms with van der Waals surface area (Å²) in [6.45, 7) is 9.47. The number of hydrogen-bond acceptors (Lipinski definition) is 10. The highest BCUT2D eigenvalue weighted by atomic mass is 32.2. The summed E-state index contributed by atoms with van der Waals surface area (Å²) in [5.74, 6) is -1.48. The number of amides is 5. The lowest BCUT2D eigenvalue weighted by atomic mass is 9.83. The van der Waals surface area contributed by atoms with Crippen LogP contribution in [0, 0.1) is 22.7 Å². The first-order chi connectivity index (χ1) is 28.1. The second-order valence-electron chi connectivity index (χ2n) is 19.8. The summed E-state index contributed by atoms with van der Waals surface area (Å²) < 4.78 is 46.1. The number of nitrogens with zero attached hydrogens (tertiary/aromatic N) is 2. The topological polar surface area (TPSA) is 190 Å². The summed E-state index contributed by atoms with van der Waals surface area (Å²) in [7, 11) is 0.789. The lowest BCUT2D eigenvalue weighted by Crippen LogP contribution is -2.60. The van der Waals surface area contributed by atoms with Crippen molar-refractivity contribution in [3.8, 4) is 5.75 Å². The number of methoxy groups -OCH3 is 1. The molecule has 5 atom stereocenters. The molecule has 2 aliphatic heterocycles. The molecule has 0 spiro atoms. The molecule has 7 rings (SSSR count). The Morgan fingerprint density at radius 1 is 0.983 bits per heavy atom. The molecule has 5 aliphatic rings. The van der Waals surface area contributed by atoms with Crippen LogP contribution in [0.3, 0.4) is 0 Å². The van der Waals surface area contributed by atoms with Crippen LogP contribution in [-0.4, -0.2) is 105 Å². The minimum absolute atomic E-state index is 0.117. The van der Waals surface area contributed by atoms with Gasteiger partial charge in [-0.05, 0) is 121 Å². The number of cyclic esters (lactones) is 1. The number of aryl methyl sites for hydroxylation is 1. The Balaban J connectivity index is 1.33. The Morgan fingerprint density at radius 3 is 2.33 bits per heavy atom. The van der Waals surface area contributed by atoms with E-state index >= 15 is 4.79 Å². The van der Waals surface area contributed by atoms with Gasteiger partial charge in [-0.1, -0.05) is 46.8 Å². The van der Waals surface area contributed by atoms with E-state index in [-0.39, 0.29) is 43.2 Å². The third kappa shape index (κ3) is 8.89. The number of sulfonamides is 1. The van der Waals surface area contributed by atoms with Crippen molar-refractivity contribution in [2.24, 2.45) is 22.7 Å². The van der Waals surface area contributed by atoms with Gasteiger partial charge in [-0.2, -0.15) is 0 Å². The minimum atomic E-state index is -3.93. The molecule has 16 heteroatoms. The molecule has 2 aromatic rings. The average molecular weight is 852 g/mol. The van der Waals surface area contributed by atoms with Gasteiger partial charge in [0.15, 0.2) is 5.60 Å². The van der Waals surface area contributed by atoms with E-state index in [1.165, 1.54) is 9.80 Å². The monoisotopic (exact) mass is 851 g/mol. The van der Waals surface area contributed by atoms with Crippen molar-refractivity contribution in [1.29, 1.82) is 0 Å². The molecule has 5 bridgehead atoms. The van der Waals surface area contributed by atoms with Crippen LogP contribution in [0.1, 0.15) is 104 Å². The van der Waals surface area contributed by atoms with Crippen LogP contribution in [0.4, 0.5) is 9.59 Å². The van der Waals surface area contributed by atoms with Crippen LogP contribution < -0.4 is 20.1 Å². The second-order valence-corrected chi connectivity index (χ2v) is 21.8. The Hall–Kier alpha value is -4.60. The lowest BCUT2D eigenvalue weighted by Gasteiger charge is -2.36. The summed E-state index contributed by atoms with van der Waals surface area (Å²) in [5, 5.41) is 6.82. The molecule has 0 unspecified atom stereocenters. The van der Waals surface area contributed by atoms with Crippen LogP contribution in [-0.2, 0) is 45.9 Å². The molecule has 60 heavy (non-hydrogen) atoms. The van der Waals surface area contributed by atoms with E-state index in [1.54, 1.807) is 42.0 Å². The molecule has 4 fully saturated rings.